The van der Waals surface area contributed by atoms with Gasteiger partial charge < -0.3 is 20.1 Å². The maximum absolute atomic E-state index is 11.0. The number of rotatable bonds is 2. The Kier molecular flexibility index (Phi) is 2.95. The van der Waals surface area contributed by atoms with Crippen molar-refractivity contribution in [2.45, 2.75) is 38.1 Å². The van der Waals surface area contributed by atoms with Crippen LogP contribution in [-0.2, 0) is 14.3 Å². The van der Waals surface area contributed by atoms with Crippen LogP contribution in [0.4, 0.5) is 0 Å². The van der Waals surface area contributed by atoms with E-state index in [-0.39, 0.29) is 18.0 Å². The van der Waals surface area contributed by atoms with E-state index in [0.717, 1.165) is 0 Å². The molecule has 0 aromatic rings. The van der Waals surface area contributed by atoms with Crippen molar-refractivity contribution in [2.24, 2.45) is 0 Å². The van der Waals surface area contributed by atoms with Crippen LogP contribution >= 0.6 is 0 Å². The fourth-order valence-electron chi connectivity index (χ4n) is 1.84. The quantitative estimate of drug-likeness (QED) is 0.657. The second-order valence-electron chi connectivity index (χ2n) is 4.59. The molecule has 0 radical (unpaired) electrons. The minimum atomic E-state index is -0.470. The van der Waals surface area contributed by atoms with Crippen molar-refractivity contribution in [3.63, 3.8) is 0 Å². The zero-order chi connectivity index (χ0) is 10.9. The van der Waals surface area contributed by atoms with Gasteiger partial charge >= 0.3 is 0 Å². The summed E-state index contributed by atoms with van der Waals surface area (Å²) in [4.78, 5) is 11.0. The second-order valence-corrected chi connectivity index (χ2v) is 4.59. The van der Waals surface area contributed by atoms with Crippen LogP contribution in [0.2, 0.25) is 0 Å². The Bertz CT molecular complexity index is 245. The van der Waals surface area contributed by atoms with Crippen molar-refractivity contribution in [1.29, 1.82) is 0 Å². The molecule has 5 heteroatoms. The topological polar surface area (TPSA) is 59.6 Å². The standard InChI is InChI=1S/C10H18N2O3/c1-10(2)14-5-8(6-15-10)12-7-3-9(13)11-4-7/h7-8,12H,3-6H2,1-2H3,(H,11,13). The molecule has 0 saturated carbocycles. The van der Waals surface area contributed by atoms with Crippen molar-refractivity contribution in [3.8, 4) is 0 Å². The highest BCUT2D eigenvalue weighted by molar-refractivity contribution is 5.78. The Hall–Kier alpha value is -0.650. The minimum Gasteiger partial charge on any atom is -0.354 e. The van der Waals surface area contributed by atoms with Gasteiger partial charge in [-0.25, -0.2) is 0 Å². The predicted molar refractivity (Wildman–Crippen MR) is 54.3 cm³/mol. The van der Waals surface area contributed by atoms with Crippen molar-refractivity contribution in [1.82, 2.24) is 10.6 Å². The van der Waals surface area contributed by atoms with E-state index in [1.54, 1.807) is 0 Å². The summed E-state index contributed by atoms with van der Waals surface area (Å²) in [7, 11) is 0. The molecular formula is C10H18N2O3. The van der Waals surface area contributed by atoms with E-state index >= 15 is 0 Å². The highest BCUT2D eigenvalue weighted by Crippen LogP contribution is 2.17. The normalized spacial score (nSPS) is 31.6. The molecule has 1 atom stereocenters. The highest BCUT2D eigenvalue weighted by atomic mass is 16.7. The Labute approximate surface area is 89.5 Å². The molecule has 2 saturated heterocycles. The Morgan fingerprint density at radius 1 is 1.33 bits per heavy atom. The average Bonchev–Trinajstić information content (AvgIpc) is 2.55. The van der Waals surface area contributed by atoms with Gasteiger partial charge in [0, 0.05) is 19.0 Å². The summed E-state index contributed by atoms with van der Waals surface area (Å²) in [6.45, 7) is 5.79. The van der Waals surface area contributed by atoms with Gasteiger partial charge in [-0.05, 0) is 13.8 Å². The minimum absolute atomic E-state index is 0.116. The fraction of sp³-hybridized carbons (Fsp3) is 0.900. The molecule has 2 fully saturated rings. The van der Waals surface area contributed by atoms with Gasteiger partial charge in [0.05, 0.1) is 19.3 Å². The van der Waals surface area contributed by atoms with E-state index in [1.165, 1.54) is 0 Å². The van der Waals surface area contributed by atoms with Crippen molar-refractivity contribution in [3.05, 3.63) is 0 Å². The number of carbonyl (C=O) groups excluding carboxylic acids is 1. The molecule has 0 aromatic heterocycles. The van der Waals surface area contributed by atoms with E-state index in [1.807, 2.05) is 13.8 Å². The molecule has 1 unspecified atom stereocenters. The highest BCUT2D eigenvalue weighted by Gasteiger charge is 2.31. The van der Waals surface area contributed by atoms with E-state index in [4.69, 9.17) is 9.47 Å². The van der Waals surface area contributed by atoms with Gasteiger partial charge in [0.1, 0.15) is 0 Å². The first-order valence-corrected chi connectivity index (χ1v) is 5.36. The SMILES string of the molecule is CC1(C)OCC(NC2CNC(=O)C2)CO1. The Morgan fingerprint density at radius 3 is 2.53 bits per heavy atom. The van der Waals surface area contributed by atoms with Gasteiger partial charge in [-0.15, -0.1) is 0 Å². The number of nitrogens with one attached hydrogen (secondary N) is 2. The molecule has 0 bridgehead atoms. The van der Waals surface area contributed by atoms with Gasteiger partial charge in [-0.2, -0.15) is 0 Å². The van der Waals surface area contributed by atoms with E-state index in [2.05, 4.69) is 10.6 Å². The van der Waals surface area contributed by atoms with Crippen LogP contribution in [0.15, 0.2) is 0 Å². The molecule has 1 amide bonds. The summed E-state index contributed by atoms with van der Waals surface area (Å²) in [5.74, 6) is -0.354. The lowest BCUT2D eigenvalue weighted by molar-refractivity contribution is -0.253. The number of ether oxygens (including phenoxy) is 2. The van der Waals surface area contributed by atoms with Crippen LogP contribution in [0.3, 0.4) is 0 Å². The first-order chi connectivity index (χ1) is 7.05. The van der Waals surface area contributed by atoms with Crippen LogP contribution in [-0.4, -0.2) is 43.5 Å². The van der Waals surface area contributed by atoms with E-state index in [0.29, 0.717) is 26.2 Å². The maximum Gasteiger partial charge on any atom is 0.221 e. The van der Waals surface area contributed by atoms with Gasteiger partial charge in [0.2, 0.25) is 5.91 Å². The van der Waals surface area contributed by atoms with Crippen LogP contribution in [0, 0.1) is 0 Å². The largest absolute Gasteiger partial charge is 0.354 e. The van der Waals surface area contributed by atoms with Crippen LogP contribution in [0.5, 0.6) is 0 Å². The van der Waals surface area contributed by atoms with Crippen molar-refractivity contribution in [2.75, 3.05) is 19.8 Å². The molecule has 2 aliphatic rings. The monoisotopic (exact) mass is 214 g/mol. The van der Waals surface area contributed by atoms with Crippen LogP contribution in [0.1, 0.15) is 20.3 Å². The summed E-state index contributed by atoms with van der Waals surface area (Å²) in [6, 6.07) is 0.409. The summed E-state index contributed by atoms with van der Waals surface area (Å²) in [5, 5.41) is 6.14. The third kappa shape index (κ3) is 2.90. The van der Waals surface area contributed by atoms with E-state index < -0.39 is 5.79 Å². The lowest BCUT2D eigenvalue weighted by atomic mass is 10.2. The molecular weight excluding hydrogens is 196 g/mol. The molecule has 2 aliphatic heterocycles. The number of hydrogen-bond acceptors (Lipinski definition) is 4. The molecule has 5 nitrogen and oxygen atoms in total. The zero-order valence-electron chi connectivity index (χ0n) is 9.21. The third-order valence-electron chi connectivity index (χ3n) is 2.71. The molecule has 2 heterocycles. The number of hydrogen-bond donors (Lipinski definition) is 2. The van der Waals surface area contributed by atoms with Gasteiger partial charge in [0.25, 0.3) is 0 Å². The van der Waals surface area contributed by atoms with Crippen LogP contribution < -0.4 is 10.6 Å². The molecule has 2 rings (SSSR count). The zero-order valence-corrected chi connectivity index (χ0v) is 9.21. The summed E-state index contributed by atoms with van der Waals surface area (Å²) < 4.78 is 11.0. The molecule has 86 valence electrons. The molecule has 15 heavy (non-hydrogen) atoms. The van der Waals surface area contributed by atoms with Crippen molar-refractivity contribution >= 4 is 5.91 Å². The number of amides is 1. The molecule has 2 N–H and O–H groups in total. The smallest absolute Gasteiger partial charge is 0.221 e. The summed E-state index contributed by atoms with van der Waals surface area (Å²) in [5.41, 5.74) is 0. The maximum atomic E-state index is 11.0. The lowest BCUT2D eigenvalue weighted by Gasteiger charge is -2.36. The first-order valence-electron chi connectivity index (χ1n) is 5.36. The molecule has 0 spiro atoms. The van der Waals surface area contributed by atoms with Crippen LogP contribution in [0.25, 0.3) is 0 Å². The van der Waals surface area contributed by atoms with Gasteiger partial charge in [0.15, 0.2) is 5.79 Å². The Balaban J connectivity index is 1.75. The second kappa shape index (κ2) is 4.08. The van der Waals surface area contributed by atoms with E-state index in [9.17, 15) is 4.79 Å². The summed E-state index contributed by atoms with van der Waals surface area (Å²) in [6.07, 6.45) is 0.555. The lowest BCUT2D eigenvalue weighted by Crippen LogP contribution is -2.51. The van der Waals surface area contributed by atoms with Crippen molar-refractivity contribution < 1.29 is 14.3 Å². The first kappa shape index (κ1) is 10.9. The average molecular weight is 214 g/mol. The molecule has 0 aromatic carbocycles. The fourth-order valence-corrected chi connectivity index (χ4v) is 1.84. The molecule has 0 aliphatic carbocycles. The Morgan fingerprint density at radius 2 is 2.00 bits per heavy atom. The summed E-state index contributed by atoms with van der Waals surface area (Å²) >= 11 is 0. The third-order valence-corrected chi connectivity index (χ3v) is 2.71. The predicted octanol–water partition coefficient (Wildman–Crippen LogP) is -0.384. The van der Waals surface area contributed by atoms with Gasteiger partial charge in [-0.3, -0.25) is 4.79 Å². The number of carbonyl (C=O) groups is 1. The van der Waals surface area contributed by atoms with Gasteiger partial charge in [-0.1, -0.05) is 0 Å².